The maximum absolute atomic E-state index is 6.65. The van der Waals surface area contributed by atoms with Gasteiger partial charge in [-0.1, -0.05) is 121 Å². The highest BCUT2D eigenvalue weighted by Gasteiger charge is 2.19. The molecule has 2 aromatic heterocycles. The topological polar surface area (TPSA) is 58.3 Å². The van der Waals surface area contributed by atoms with Crippen LogP contribution in [0.1, 0.15) is 0 Å². The molecule has 6 heteroatoms. The molecule has 270 valence electrons. The Morgan fingerprint density at radius 2 is 0.614 bits per heavy atom. The van der Waals surface area contributed by atoms with E-state index in [0.29, 0.717) is 17.5 Å². The summed E-state index contributed by atoms with van der Waals surface area (Å²) in [6.45, 7) is 0. The van der Waals surface area contributed by atoms with Crippen molar-refractivity contribution in [2.24, 2.45) is 0 Å². The molecule has 0 aliphatic rings. The van der Waals surface area contributed by atoms with E-state index in [-0.39, 0.29) is 0 Å². The number of nitrogens with zero attached hydrogens (tertiary/aromatic N) is 5. The van der Waals surface area contributed by atoms with Crippen LogP contribution in [0.15, 0.2) is 217 Å². The average molecular weight is 734 g/mol. The molecule has 0 spiro atoms. The SMILES string of the molecule is c1ccc(-c2nc(-c3ccccc3)nc(-c3ccc4c(c3)oc3cc(N(c5ccccc5)c5ccc(N(c6ccccc6)c6ccccc6)cc5)ccc34)n2)cc1. The lowest BCUT2D eigenvalue weighted by atomic mass is 10.1. The van der Waals surface area contributed by atoms with Gasteiger partial charge in [-0.05, 0) is 84.9 Å². The minimum absolute atomic E-state index is 0.586. The Morgan fingerprint density at radius 3 is 1.07 bits per heavy atom. The number of para-hydroxylation sites is 3. The lowest BCUT2D eigenvalue weighted by molar-refractivity contribution is 0.669. The first kappa shape index (κ1) is 33.7. The van der Waals surface area contributed by atoms with E-state index < -0.39 is 0 Å². The van der Waals surface area contributed by atoms with Crippen LogP contribution in [0.3, 0.4) is 0 Å². The zero-order valence-electron chi connectivity index (χ0n) is 30.9. The van der Waals surface area contributed by atoms with Crippen LogP contribution in [0.2, 0.25) is 0 Å². The first-order valence-corrected chi connectivity index (χ1v) is 18.9. The minimum Gasteiger partial charge on any atom is -0.456 e. The van der Waals surface area contributed by atoms with Gasteiger partial charge in [-0.15, -0.1) is 0 Å². The van der Waals surface area contributed by atoms with Crippen LogP contribution < -0.4 is 9.80 Å². The Balaban J connectivity index is 1.04. The maximum Gasteiger partial charge on any atom is 0.164 e. The molecule has 0 radical (unpaired) electrons. The summed E-state index contributed by atoms with van der Waals surface area (Å²) >= 11 is 0. The summed E-state index contributed by atoms with van der Waals surface area (Å²) in [5.74, 6) is 1.83. The van der Waals surface area contributed by atoms with E-state index in [0.717, 1.165) is 72.8 Å². The van der Waals surface area contributed by atoms with Crippen LogP contribution in [0.5, 0.6) is 0 Å². The highest BCUT2D eigenvalue weighted by Crippen LogP contribution is 2.41. The van der Waals surface area contributed by atoms with Crippen LogP contribution >= 0.6 is 0 Å². The molecule has 0 unspecified atom stereocenters. The van der Waals surface area contributed by atoms with E-state index in [1.165, 1.54) is 0 Å². The molecule has 2 heterocycles. The molecule has 0 aliphatic heterocycles. The van der Waals surface area contributed by atoms with E-state index in [1.807, 2.05) is 84.9 Å². The second-order valence-electron chi connectivity index (χ2n) is 13.7. The average Bonchev–Trinajstić information content (AvgIpc) is 3.66. The molecule has 0 saturated heterocycles. The number of benzene rings is 8. The Morgan fingerprint density at radius 1 is 0.281 bits per heavy atom. The summed E-state index contributed by atoms with van der Waals surface area (Å²) in [7, 11) is 0. The van der Waals surface area contributed by atoms with Gasteiger partial charge in [0.1, 0.15) is 11.2 Å². The molecule has 0 N–H and O–H groups in total. The number of hydrogen-bond donors (Lipinski definition) is 0. The van der Waals surface area contributed by atoms with Crippen LogP contribution in [0.25, 0.3) is 56.1 Å². The van der Waals surface area contributed by atoms with Gasteiger partial charge in [0.25, 0.3) is 0 Å². The summed E-state index contributed by atoms with van der Waals surface area (Å²) in [5, 5.41) is 2.06. The van der Waals surface area contributed by atoms with E-state index in [9.17, 15) is 0 Å². The van der Waals surface area contributed by atoms with Gasteiger partial charge in [0.2, 0.25) is 0 Å². The summed E-state index contributed by atoms with van der Waals surface area (Å²) in [6, 6.07) is 72.8. The molecule has 10 aromatic rings. The largest absolute Gasteiger partial charge is 0.456 e. The third-order valence-electron chi connectivity index (χ3n) is 10.1. The molecule has 0 fully saturated rings. The first-order chi connectivity index (χ1) is 28.2. The van der Waals surface area contributed by atoms with E-state index in [1.54, 1.807) is 0 Å². The summed E-state index contributed by atoms with van der Waals surface area (Å²) in [4.78, 5) is 19.3. The van der Waals surface area contributed by atoms with Gasteiger partial charge in [-0.3, -0.25) is 0 Å². The second-order valence-corrected chi connectivity index (χ2v) is 13.7. The highest BCUT2D eigenvalue weighted by atomic mass is 16.3. The second kappa shape index (κ2) is 14.8. The van der Waals surface area contributed by atoms with Crippen LogP contribution in [-0.2, 0) is 0 Å². The Kier molecular flexibility index (Phi) is 8.74. The van der Waals surface area contributed by atoms with Crippen molar-refractivity contribution >= 4 is 56.1 Å². The fourth-order valence-electron chi connectivity index (χ4n) is 7.36. The fourth-order valence-corrected chi connectivity index (χ4v) is 7.36. The monoisotopic (exact) mass is 733 g/mol. The van der Waals surface area contributed by atoms with Gasteiger partial charge in [0.05, 0.1) is 0 Å². The van der Waals surface area contributed by atoms with Crippen LogP contribution in [-0.4, -0.2) is 15.0 Å². The molecule has 0 atom stereocenters. The zero-order valence-corrected chi connectivity index (χ0v) is 30.9. The van der Waals surface area contributed by atoms with Crippen molar-refractivity contribution < 1.29 is 4.42 Å². The predicted molar refractivity (Wildman–Crippen MR) is 233 cm³/mol. The van der Waals surface area contributed by atoms with E-state index >= 15 is 0 Å². The number of anilines is 6. The normalized spacial score (nSPS) is 11.2. The van der Waals surface area contributed by atoms with Crippen molar-refractivity contribution in [2.75, 3.05) is 9.80 Å². The molecule has 57 heavy (non-hydrogen) atoms. The molecule has 10 rings (SSSR count). The Bertz CT molecular complexity index is 2840. The summed E-state index contributed by atoms with van der Waals surface area (Å²) in [6.07, 6.45) is 0. The lowest BCUT2D eigenvalue weighted by Crippen LogP contribution is -2.12. The molecular formula is C51H35N5O. The summed E-state index contributed by atoms with van der Waals surface area (Å²) < 4.78 is 6.65. The number of rotatable bonds is 9. The smallest absolute Gasteiger partial charge is 0.164 e. The number of fused-ring (bicyclic) bond motifs is 3. The Labute approximate surface area is 330 Å². The number of aromatic nitrogens is 3. The standard InChI is InChI=1S/C51H35N5O/c1-6-16-36(17-7-1)49-52-50(37-18-8-2-9-19-37)54-51(53-49)38-26-32-45-46-33-31-44(35-48(46)57-47(45)34-38)56(41-24-14-5-15-25-41)43-29-27-42(28-30-43)55(39-20-10-3-11-21-39)40-22-12-4-13-23-40/h1-35H. The van der Waals surface area contributed by atoms with Gasteiger partial charge in [-0.25, -0.2) is 15.0 Å². The third-order valence-corrected chi connectivity index (χ3v) is 10.1. The van der Waals surface area contributed by atoms with Gasteiger partial charge in [0, 0.05) is 67.7 Å². The Hall–Kier alpha value is -7.83. The molecule has 0 amide bonds. The van der Waals surface area contributed by atoms with Crippen molar-refractivity contribution in [3.05, 3.63) is 212 Å². The molecule has 0 saturated carbocycles. The molecule has 0 aliphatic carbocycles. The van der Waals surface area contributed by atoms with Crippen molar-refractivity contribution in [2.45, 2.75) is 0 Å². The molecule has 8 aromatic carbocycles. The van der Waals surface area contributed by atoms with Crippen molar-refractivity contribution in [1.29, 1.82) is 0 Å². The van der Waals surface area contributed by atoms with E-state index in [4.69, 9.17) is 19.4 Å². The molecular weight excluding hydrogens is 699 g/mol. The lowest BCUT2D eigenvalue weighted by Gasteiger charge is -2.28. The fraction of sp³-hybridized carbons (Fsp3) is 0. The third kappa shape index (κ3) is 6.66. The number of furan rings is 1. The van der Waals surface area contributed by atoms with Gasteiger partial charge >= 0.3 is 0 Å². The van der Waals surface area contributed by atoms with Gasteiger partial charge in [0.15, 0.2) is 17.5 Å². The first-order valence-electron chi connectivity index (χ1n) is 18.9. The van der Waals surface area contributed by atoms with Crippen molar-refractivity contribution in [3.63, 3.8) is 0 Å². The van der Waals surface area contributed by atoms with Gasteiger partial charge in [-0.2, -0.15) is 0 Å². The predicted octanol–water partition coefficient (Wildman–Crippen LogP) is 13.7. The quantitative estimate of drug-likeness (QED) is 0.147. The van der Waals surface area contributed by atoms with E-state index in [2.05, 4.69) is 137 Å². The summed E-state index contributed by atoms with van der Waals surface area (Å²) in [5.41, 5.74) is 10.6. The molecule has 6 nitrogen and oxygen atoms in total. The minimum atomic E-state index is 0.586. The van der Waals surface area contributed by atoms with Crippen molar-refractivity contribution in [3.8, 4) is 34.2 Å². The van der Waals surface area contributed by atoms with Gasteiger partial charge < -0.3 is 14.2 Å². The highest BCUT2D eigenvalue weighted by molar-refractivity contribution is 6.07. The molecule has 0 bridgehead atoms. The zero-order chi connectivity index (χ0) is 38.0. The van der Waals surface area contributed by atoms with Crippen LogP contribution in [0.4, 0.5) is 34.1 Å². The maximum atomic E-state index is 6.65. The number of hydrogen-bond acceptors (Lipinski definition) is 6. The van der Waals surface area contributed by atoms with Crippen LogP contribution in [0, 0.1) is 0 Å². The van der Waals surface area contributed by atoms with Crippen molar-refractivity contribution in [1.82, 2.24) is 15.0 Å².